The Morgan fingerprint density at radius 2 is 2.05 bits per heavy atom. The van der Waals surface area contributed by atoms with Crippen LogP contribution < -0.4 is 10.5 Å². The Hall–Kier alpha value is -2.08. The number of anilines is 1. The Balaban J connectivity index is 2.12. The molecule has 0 aliphatic rings. The van der Waals surface area contributed by atoms with E-state index in [1.165, 1.54) is 0 Å². The average molecular weight is 290 g/mol. The van der Waals surface area contributed by atoms with Crippen molar-refractivity contribution in [2.24, 2.45) is 0 Å². The van der Waals surface area contributed by atoms with Crippen LogP contribution in [0.5, 0.6) is 5.75 Å². The Morgan fingerprint density at radius 3 is 2.71 bits per heavy atom. The van der Waals surface area contributed by atoms with Gasteiger partial charge in [0.2, 0.25) is 0 Å². The lowest BCUT2D eigenvalue weighted by atomic mass is 10.1. The first kappa shape index (κ1) is 15.3. The zero-order valence-corrected chi connectivity index (χ0v) is 12.8. The van der Waals surface area contributed by atoms with Gasteiger partial charge in [-0.15, -0.1) is 0 Å². The fraction of sp³-hybridized carbons (Fsp3) is 0.467. The maximum Gasteiger partial charge on any atom is 0.260 e. The molecule has 0 spiro atoms. The molecule has 0 unspecified atom stereocenters. The molecule has 6 heteroatoms. The van der Waals surface area contributed by atoms with E-state index in [9.17, 15) is 0 Å². The SMILES string of the molecule is CCN(CC)CCc1noc(-c2cc(OC)ccc2N)n1. The number of ether oxygens (including phenoxy) is 1. The second kappa shape index (κ2) is 7.08. The normalized spacial score (nSPS) is 11.0. The molecule has 2 aromatic rings. The summed E-state index contributed by atoms with van der Waals surface area (Å²) in [5, 5.41) is 4.02. The van der Waals surface area contributed by atoms with Gasteiger partial charge in [-0.05, 0) is 31.3 Å². The summed E-state index contributed by atoms with van der Waals surface area (Å²) in [6.45, 7) is 7.23. The highest BCUT2D eigenvalue weighted by molar-refractivity contribution is 5.72. The van der Waals surface area contributed by atoms with Crippen molar-refractivity contribution in [3.8, 4) is 17.2 Å². The van der Waals surface area contributed by atoms with Crippen LogP contribution in [0.3, 0.4) is 0 Å². The molecule has 0 fully saturated rings. The first-order valence-electron chi connectivity index (χ1n) is 7.16. The highest BCUT2D eigenvalue weighted by Crippen LogP contribution is 2.28. The predicted molar refractivity (Wildman–Crippen MR) is 82.2 cm³/mol. The number of likely N-dealkylation sites (N-methyl/N-ethyl adjacent to an activating group) is 1. The number of rotatable bonds is 7. The van der Waals surface area contributed by atoms with Crippen LogP contribution in [0.15, 0.2) is 22.7 Å². The number of nitrogens with two attached hydrogens (primary N) is 1. The fourth-order valence-electron chi connectivity index (χ4n) is 2.11. The van der Waals surface area contributed by atoms with Crippen LogP contribution >= 0.6 is 0 Å². The van der Waals surface area contributed by atoms with Crippen molar-refractivity contribution in [1.29, 1.82) is 0 Å². The summed E-state index contributed by atoms with van der Waals surface area (Å²) in [5.41, 5.74) is 7.26. The van der Waals surface area contributed by atoms with E-state index in [-0.39, 0.29) is 0 Å². The topological polar surface area (TPSA) is 77.4 Å². The average Bonchev–Trinajstić information content (AvgIpc) is 2.97. The summed E-state index contributed by atoms with van der Waals surface area (Å²) in [6.07, 6.45) is 0.759. The monoisotopic (exact) mass is 290 g/mol. The number of benzene rings is 1. The van der Waals surface area contributed by atoms with Gasteiger partial charge in [-0.3, -0.25) is 0 Å². The van der Waals surface area contributed by atoms with Crippen molar-refractivity contribution >= 4 is 5.69 Å². The van der Waals surface area contributed by atoms with Crippen LogP contribution in [0.4, 0.5) is 5.69 Å². The summed E-state index contributed by atoms with van der Waals surface area (Å²) in [7, 11) is 1.61. The summed E-state index contributed by atoms with van der Waals surface area (Å²) >= 11 is 0. The van der Waals surface area contributed by atoms with Crippen molar-refractivity contribution in [3.63, 3.8) is 0 Å². The lowest BCUT2D eigenvalue weighted by Crippen LogP contribution is -2.25. The smallest absolute Gasteiger partial charge is 0.260 e. The summed E-state index contributed by atoms with van der Waals surface area (Å²) in [6, 6.07) is 5.38. The van der Waals surface area contributed by atoms with Gasteiger partial charge in [0.05, 0.1) is 12.7 Å². The third-order valence-corrected chi connectivity index (χ3v) is 3.51. The third-order valence-electron chi connectivity index (χ3n) is 3.51. The van der Waals surface area contributed by atoms with Gasteiger partial charge in [0.1, 0.15) is 5.75 Å². The number of methoxy groups -OCH3 is 1. The Labute approximate surface area is 124 Å². The molecule has 0 aliphatic heterocycles. The van der Waals surface area contributed by atoms with E-state index in [1.807, 2.05) is 0 Å². The zero-order valence-electron chi connectivity index (χ0n) is 12.8. The van der Waals surface area contributed by atoms with E-state index in [0.29, 0.717) is 28.7 Å². The molecule has 2 N–H and O–H groups in total. The Bertz CT molecular complexity index is 579. The molecule has 1 aromatic carbocycles. The molecule has 21 heavy (non-hydrogen) atoms. The van der Waals surface area contributed by atoms with E-state index >= 15 is 0 Å². The maximum atomic E-state index is 5.96. The van der Waals surface area contributed by atoms with E-state index in [4.69, 9.17) is 15.0 Å². The summed E-state index contributed by atoms with van der Waals surface area (Å²) in [4.78, 5) is 6.73. The van der Waals surface area contributed by atoms with Gasteiger partial charge in [-0.1, -0.05) is 19.0 Å². The predicted octanol–water partition coefficient (Wildman–Crippen LogP) is 2.21. The molecular weight excluding hydrogens is 268 g/mol. The van der Waals surface area contributed by atoms with Crippen molar-refractivity contribution in [2.75, 3.05) is 32.5 Å². The fourth-order valence-corrected chi connectivity index (χ4v) is 2.11. The lowest BCUT2D eigenvalue weighted by molar-refractivity contribution is 0.303. The quantitative estimate of drug-likeness (QED) is 0.788. The molecule has 114 valence electrons. The summed E-state index contributed by atoms with van der Waals surface area (Å²) in [5.74, 6) is 1.84. The van der Waals surface area contributed by atoms with Gasteiger partial charge in [0, 0.05) is 18.7 Å². The molecule has 0 atom stereocenters. The van der Waals surface area contributed by atoms with Gasteiger partial charge in [-0.25, -0.2) is 0 Å². The second-order valence-corrected chi connectivity index (χ2v) is 4.75. The van der Waals surface area contributed by atoms with Gasteiger partial charge in [0.25, 0.3) is 5.89 Å². The molecule has 0 bridgehead atoms. The highest BCUT2D eigenvalue weighted by atomic mass is 16.5. The van der Waals surface area contributed by atoms with Crippen molar-refractivity contribution < 1.29 is 9.26 Å². The van der Waals surface area contributed by atoms with Gasteiger partial charge in [-0.2, -0.15) is 4.98 Å². The van der Waals surface area contributed by atoms with E-state index in [0.717, 1.165) is 26.1 Å². The van der Waals surface area contributed by atoms with Gasteiger partial charge < -0.3 is 19.9 Å². The molecule has 0 radical (unpaired) electrons. The second-order valence-electron chi connectivity index (χ2n) is 4.75. The molecule has 2 rings (SSSR count). The van der Waals surface area contributed by atoms with E-state index in [2.05, 4.69) is 28.9 Å². The van der Waals surface area contributed by atoms with Gasteiger partial charge >= 0.3 is 0 Å². The largest absolute Gasteiger partial charge is 0.497 e. The number of nitrogen functional groups attached to an aromatic ring is 1. The molecule has 1 heterocycles. The Kier molecular flexibility index (Phi) is 5.16. The zero-order chi connectivity index (χ0) is 15.2. The van der Waals surface area contributed by atoms with E-state index < -0.39 is 0 Å². The molecule has 0 aliphatic carbocycles. The minimum absolute atomic E-state index is 0.431. The van der Waals surface area contributed by atoms with Crippen LogP contribution in [0.1, 0.15) is 19.7 Å². The highest BCUT2D eigenvalue weighted by Gasteiger charge is 2.13. The van der Waals surface area contributed by atoms with Crippen LogP contribution in [-0.2, 0) is 6.42 Å². The third kappa shape index (κ3) is 3.72. The number of hydrogen-bond acceptors (Lipinski definition) is 6. The molecule has 6 nitrogen and oxygen atoms in total. The van der Waals surface area contributed by atoms with Crippen LogP contribution in [0.25, 0.3) is 11.5 Å². The van der Waals surface area contributed by atoms with Gasteiger partial charge in [0.15, 0.2) is 5.82 Å². The number of hydrogen-bond donors (Lipinski definition) is 1. The lowest BCUT2D eigenvalue weighted by Gasteiger charge is -2.16. The first-order chi connectivity index (χ1) is 10.2. The maximum absolute atomic E-state index is 5.96. The number of aromatic nitrogens is 2. The number of nitrogens with zero attached hydrogens (tertiary/aromatic N) is 3. The van der Waals surface area contributed by atoms with Crippen LogP contribution in [-0.4, -0.2) is 41.8 Å². The van der Waals surface area contributed by atoms with Crippen molar-refractivity contribution in [2.45, 2.75) is 20.3 Å². The molecule has 0 saturated carbocycles. The van der Waals surface area contributed by atoms with Crippen LogP contribution in [0, 0.1) is 0 Å². The summed E-state index contributed by atoms with van der Waals surface area (Å²) < 4.78 is 10.5. The Morgan fingerprint density at radius 1 is 1.29 bits per heavy atom. The van der Waals surface area contributed by atoms with Crippen LogP contribution in [0.2, 0.25) is 0 Å². The standard InChI is InChI=1S/C15H22N4O2/c1-4-19(5-2)9-8-14-17-15(21-18-14)12-10-11(20-3)6-7-13(12)16/h6-7,10H,4-5,8-9,16H2,1-3H3. The first-order valence-corrected chi connectivity index (χ1v) is 7.16. The molecule has 0 saturated heterocycles. The minimum atomic E-state index is 0.431. The molecule has 1 aromatic heterocycles. The molecule has 0 amide bonds. The minimum Gasteiger partial charge on any atom is -0.497 e. The van der Waals surface area contributed by atoms with E-state index in [1.54, 1.807) is 25.3 Å². The van der Waals surface area contributed by atoms with Crippen molar-refractivity contribution in [3.05, 3.63) is 24.0 Å². The molecular formula is C15H22N4O2. The van der Waals surface area contributed by atoms with Crippen molar-refractivity contribution in [1.82, 2.24) is 15.0 Å².